The normalized spacial score (nSPS) is 21.0. The number of hydrogen-bond acceptors (Lipinski definition) is 6. The van der Waals surface area contributed by atoms with Gasteiger partial charge in [0.1, 0.15) is 17.4 Å². The van der Waals surface area contributed by atoms with Crippen molar-refractivity contribution in [2.75, 3.05) is 44.7 Å². The lowest BCUT2D eigenvalue weighted by atomic mass is 9.98. The molecule has 1 aromatic heterocycles. The van der Waals surface area contributed by atoms with Crippen LogP contribution in [-0.4, -0.2) is 79.0 Å². The lowest BCUT2D eigenvalue weighted by Crippen LogP contribution is -2.48. The number of carbonyl (C=O) groups excluding carboxylic acids is 2. The molecule has 0 bridgehead atoms. The largest absolute Gasteiger partial charge is 0.355 e. The quantitative estimate of drug-likeness (QED) is 0.727. The fourth-order valence-corrected chi connectivity index (χ4v) is 4.24. The van der Waals surface area contributed by atoms with Crippen molar-refractivity contribution in [3.8, 4) is 0 Å². The van der Waals surface area contributed by atoms with Gasteiger partial charge in [-0.05, 0) is 36.3 Å². The Morgan fingerprint density at radius 1 is 1.19 bits per heavy atom. The number of piperazine rings is 1. The molecule has 0 spiro atoms. The van der Waals surface area contributed by atoms with Gasteiger partial charge in [-0.3, -0.25) is 28.8 Å². The van der Waals surface area contributed by atoms with Gasteiger partial charge >= 0.3 is 0 Å². The van der Waals surface area contributed by atoms with E-state index >= 15 is 0 Å². The zero-order valence-corrected chi connectivity index (χ0v) is 18.7. The minimum Gasteiger partial charge on any atom is -0.355 e. The van der Waals surface area contributed by atoms with Crippen LogP contribution in [0.25, 0.3) is 0 Å². The van der Waals surface area contributed by atoms with E-state index in [9.17, 15) is 14.4 Å². The zero-order valence-electron chi connectivity index (χ0n) is 18.7. The predicted octanol–water partition coefficient (Wildman–Crippen LogP) is 0.564. The van der Waals surface area contributed by atoms with Crippen molar-refractivity contribution in [3.63, 3.8) is 0 Å². The highest BCUT2D eigenvalue weighted by Crippen LogP contribution is 2.20. The van der Waals surface area contributed by atoms with Gasteiger partial charge < -0.3 is 10.2 Å². The number of aliphatic imine (C=N–C) groups is 2. The number of nitrogens with one attached hydrogen (secondary N) is 1. The van der Waals surface area contributed by atoms with Gasteiger partial charge in [-0.15, -0.1) is 0 Å². The molecule has 0 aromatic carbocycles. The smallest absolute Gasteiger partial charge is 0.272 e. The summed E-state index contributed by atoms with van der Waals surface area (Å²) in [7, 11) is 3.21. The summed E-state index contributed by atoms with van der Waals surface area (Å²) in [6.07, 6.45) is 6.44. The number of rotatable bonds is 5. The van der Waals surface area contributed by atoms with Crippen molar-refractivity contribution in [3.05, 3.63) is 51.3 Å². The van der Waals surface area contributed by atoms with E-state index in [1.54, 1.807) is 13.1 Å². The number of pyridine rings is 1. The van der Waals surface area contributed by atoms with E-state index in [4.69, 9.17) is 0 Å². The van der Waals surface area contributed by atoms with Crippen LogP contribution in [0.15, 0.2) is 50.2 Å². The third kappa shape index (κ3) is 4.20. The Bertz CT molecular complexity index is 1120. The van der Waals surface area contributed by atoms with E-state index < -0.39 is 0 Å². The lowest BCUT2D eigenvalue weighted by molar-refractivity contribution is -0.114. The van der Waals surface area contributed by atoms with Crippen LogP contribution in [0, 0.1) is 0 Å². The predicted molar refractivity (Wildman–Crippen MR) is 125 cm³/mol. The summed E-state index contributed by atoms with van der Waals surface area (Å²) in [5.74, 6) is 0.266. The number of carbonyl (C=O) groups is 2. The van der Waals surface area contributed by atoms with Crippen molar-refractivity contribution < 1.29 is 9.59 Å². The first-order valence-electron chi connectivity index (χ1n) is 10.9. The average molecular weight is 437 g/mol. The molecule has 168 valence electrons. The van der Waals surface area contributed by atoms with E-state index in [2.05, 4.69) is 25.1 Å². The van der Waals surface area contributed by atoms with Gasteiger partial charge in [0, 0.05) is 58.6 Å². The van der Waals surface area contributed by atoms with Gasteiger partial charge in [0.05, 0.1) is 5.71 Å². The third-order valence-corrected chi connectivity index (χ3v) is 6.13. The summed E-state index contributed by atoms with van der Waals surface area (Å²) in [6, 6.07) is 3.27. The van der Waals surface area contributed by atoms with Crippen LogP contribution in [-0.2, 0) is 11.8 Å². The fourth-order valence-electron chi connectivity index (χ4n) is 4.24. The fraction of sp³-hybridized carbons (Fsp3) is 0.435. The van der Waals surface area contributed by atoms with Gasteiger partial charge in [-0.1, -0.05) is 6.92 Å². The van der Waals surface area contributed by atoms with E-state index in [0.717, 1.165) is 55.4 Å². The summed E-state index contributed by atoms with van der Waals surface area (Å²) in [5, 5.41) is 2.50. The van der Waals surface area contributed by atoms with Crippen LogP contribution in [0.2, 0.25) is 0 Å². The summed E-state index contributed by atoms with van der Waals surface area (Å²) < 4.78 is 1.53. The summed E-state index contributed by atoms with van der Waals surface area (Å²) >= 11 is 0. The summed E-state index contributed by atoms with van der Waals surface area (Å²) in [6.45, 7) is 5.86. The number of amides is 2. The maximum Gasteiger partial charge on any atom is 0.272 e. The highest BCUT2D eigenvalue weighted by Gasteiger charge is 2.25. The molecule has 0 aliphatic carbocycles. The number of fused-ring (bicyclic) bond motifs is 1. The van der Waals surface area contributed by atoms with Gasteiger partial charge in [-0.25, -0.2) is 4.99 Å². The Morgan fingerprint density at radius 2 is 1.94 bits per heavy atom. The van der Waals surface area contributed by atoms with Crippen molar-refractivity contribution in [2.24, 2.45) is 17.0 Å². The minimum atomic E-state index is -0.377. The molecule has 9 nitrogen and oxygen atoms in total. The van der Waals surface area contributed by atoms with E-state index in [1.165, 1.54) is 11.6 Å². The average Bonchev–Trinajstić information content (AvgIpc) is 2.80. The summed E-state index contributed by atoms with van der Waals surface area (Å²) in [4.78, 5) is 49.8. The molecule has 4 rings (SSSR count). The van der Waals surface area contributed by atoms with Crippen LogP contribution in [0.4, 0.5) is 5.82 Å². The Morgan fingerprint density at radius 3 is 2.62 bits per heavy atom. The van der Waals surface area contributed by atoms with Crippen LogP contribution in [0.1, 0.15) is 23.7 Å². The monoisotopic (exact) mass is 436 g/mol. The highest BCUT2D eigenvalue weighted by atomic mass is 16.2. The standard InChI is InChI=1S/C23H28N6O3/c1-4-16-12-18-19(26-21(16)30)11-15(13-25-18)14-28-7-9-29(10-8-28)20-6-5-17(22(31)24-2)23(32)27(20)3/h5-6,11-13,18H,4,7-10,14H2,1-3H3,(H,24,31). The van der Waals surface area contributed by atoms with Crippen LogP contribution in [0.3, 0.4) is 0 Å². The van der Waals surface area contributed by atoms with Crippen molar-refractivity contribution >= 4 is 29.6 Å². The van der Waals surface area contributed by atoms with Crippen molar-refractivity contribution in [2.45, 2.75) is 19.4 Å². The third-order valence-electron chi connectivity index (χ3n) is 6.13. The van der Waals surface area contributed by atoms with Gasteiger partial charge in [0.25, 0.3) is 17.4 Å². The van der Waals surface area contributed by atoms with Gasteiger partial charge in [0.15, 0.2) is 0 Å². The molecule has 32 heavy (non-hydrogen) atoms. The molecule has 9 heteroatoms. The molecule has 2 amide bonds. The van der Waals surface area contributed by atoms with Crippen molar-refractivity contribution in [1.29, 1.82) is 0 Å². The summed E-state index contributed by atoms with van der Waals surface area (Å²) in [5.41, 5.74) is 2.32. The second kappa shape index (κ2) is 9.04. The lowest BCUT2D eigenvalue weighted by Gasteiger charge is -2.37. The molecule has 4 heterocycles. The Hall–Kier alpha value is -3.33. The van der Waals surface area contributed by atoms with E-state index in [1.807, 2.05) is 31.4 Å². The molecule has 3 aliphatic rings. The Balaban J connectivity index is 1.39. The van der Waals surface area contributed by atoms with E-state index in [0.29, 0.717) is 6.42 Å². The molecule has 1 aromatic rings. The number of aromatic nitrogens is 1. The maximum absolute atomic E-state index is 12.5. The number of dihydropyridines is 2. The van der Waals surface area contributed by atoms with Crippen molar-refractivity contribution in [1.82, 2.24) is 14.8 Å². The minimum absolute atomic E-state index is 0.143. The Kier molecular flexibility index (Phi) is 6.18. The molecule has 1 saturated heterocycles. The van der Waals surface area contributed by atoms with Crippen LogP contribution < -0.4 is 15.8 Å². The molecule has 0 radical (unpaired) electrons. The van der Waals surface area contributed by atoms with Gasteiger partial charge in [0.2, 0.25) is 0 Å². The maximum atomic E-state index is 12.5. The van der Waals surface area contributed by atoms with Crippen LogP contribution >= 0.6 is 0 Å². The second-order valence-electron chi connectivity index (χ2n) is 8.14. The molecule has 0 saturated carbocycles. The number of nitrogens with zero attached hydrogens (tertiary/aromatic N) is 5. The Labute approximate surface area is 186 Å². The number of anilines is 1. The molecule has 1 unspecified atom stereocenters. The number of hydrogen-bond donors (Lipinski definition) is 1. The van der Waals surface area contributed by atoms with Gasteiger partial charge in [-0.2, -0.15) is 0 Å². The topological polar surface area (TPSA) is 99.4 Å². The van der Waals surface area contributed by atoms with Crippen LogP contribution in [0.5, 0.6) is 0 Å². The molecular weight excluding hydrogens is 408 g/mol. The molecule has 1 atom stereocenters. The molecular formula is C23H28N6O3. The molecule has 1 N–H and O–H groups in total. The first kappa shape index (κ1) is 21.9. The second-order valence-corrected chi connectivity index (χ2v) is 8.14. The first-order valence-corrected chi connectivity index (χ1v) is 10.9. The highest BCUT2D eigenvalue weighted by molar-refractivity contribution is 6.16. The SMILES string of the molecule is CCC1=CC2N=CC(CN3CCN(c4ccc(C(=O)NC)c(=O)n4C)CC3)=CC2=NC1=O. The molecule has 1 fully saturated rings. The zero-order chi connectivity index (χ0) is 22.8. The first-order chi connectivity index (χ1) is 15.4. The molecule has 3 aliphatic heterocycles. The van der Waals surface area contributed by atoms with E-state index in [-0.39, 0.29) is 29.0 Å².